The monoisotopic (exact) mass is 269 g/mol. The second kappa shape index (κ2) is 5.47. The van der Waals surface area contributed by atoms with E-state index in [2.05, 4.69) is 4.98 Å². The molecule has 0 spiro atoms. The van der Waals surface area contributed by atoms with Gasteiger partial charge in [0.25, 0.3) is 0 Å². The third-order valence-electron chi connectivity index (χ3n) is 2.58. The zero-order chi connectivity index (χ0) is 12.3. The van der Waals surface area contributed by atoms with Crippen molar-refractivity contribution >= 4 is 27.9 Å². The Kier molecular flexibility index (Phi) is 3.97. The molecule has 0 radical (unpaired) electrons. The molecule has 1 aromatic rings. The molecule has 0 saturated carbocycles. The molecule has 0 aromatic carbocycles. The molecule has 90 valence electrons. The average molecular weight is 270 g/mol. The Hall–Kier alpha value is -1.13. The highest BCUT2D eigenvalue weighted by Gasteiger charge is 2.09. The Morgan fingerprint density at radius 3 is 2.82 bits per heavy atom. The van der Waals surface area contributed by atoms with Crippen LogP contribution in [0, 0.1) is 0 Å². The fraction of sp³-hybridized carbons (Fsp3) is 0.250. The lowest BCUT2D eigenvalue weighted by Crippen LogP contribution is -1.90. The number of hydrogen-bond donors (Lipinski definition) is 1. The Bertz CT molecular complexity index is 553. The first-order chi connectivity index (χ1) is 8.16. The topological polar surface area (TPSA) is 47.0 Å². The van der Waals surface area contributed by atoms with E-state index in [-0.39, 0.29) is 0 Å². The number of rotatable bonds is 2. The van der Waals surface area contributed by atoms with E-state index in [0.29, 0.717) is 10.1 Å². The molecule has 0 aliphatic heterocycles. The number of aromatic nitrogens is 1. The van der Waals surface area contributed by atoms with Gasteiger partial charge in [0, 0.05) is 0 Å². The Morgan fingerprint density at radius 1 is 1.29 bits per heavy atom. The summed E-state index contributed by atoms with van der Waals surface area (Å²) in [5.41, 5.74) is 1.68. The summed E-state index contributed by atoms with van der Waals surface area (Å²) >= 11 is 5.83. The van der Waals surface area contributed by atoms with Crippen molar-refractivity contribution in [2.45, 2.75) is 19.3 Å². The van der Waals surface area contributed by atoms with E-state index in [4.69, 9.17) is 11.6 Å². The first-order valence-corrected chi connectivity index (χ1v) is 6.90. The number of thiol groups is 1. The van der Waals surface area contributed by atoms with Gasteiger partial charge in [-0.15, -0.1) is 0 Å². The fourth-order valence-electron chi connectivity index (χ4n) is 1.77. The van der Waals surface area contributed by atoms with Crippen LogP contribution in [0.2, 0.25) is 5.15 Å². The lowest BCUT2D eigenvalue weighted by molar-refractivity contribution is 0.620. The van der Waals surface area contributed by atoms with Crippen LogP contribution in [-0.4, -0.2) is 13.4 Å². The van der Waals surface area contributed by atoms with Crippen molar-refractivity contribution in [3.63, 3.8) is 0 Å². The number of hydrogen-bond acceptors (Lipinski definition) is 3. The van der Waals surface area contributed by atoms with Gasteiger partial charge < -0.3 is 0 Å². The van der Waals surface area contributed by atoms with Crippen molar-refractivity contribution in [3.8, 4) is 0 Å². The minimum Gasteiger partial charge on any atom is -0.236 e. The standard InChI is InChI=1S/C12H12ClNO2S/c13-12-7-3-6-11(14-12)9-4-1-2-5-10(8-9)17(15)16/h3,5-8,17H,1-2,4H2. The lowest BCUT2D eigenvalue weighted by Gasteiger charge is -2.04. The van der Waals surface area contributed by atoms with Gasteiger partial charge in [-0.1, -0.05) is 23.7 Å². The van der Waals surface area contributed by atoms with Gasteiger partial charge in [0.05, 0.1) is 10.6 Å². The van der Waals surface area contributed by atoms with E-state index >= 15 is 0 Å². The molecule has 17 heavy (non-hydrogen) atoms. The molecule has 0 atom stereocenters. The van der Waals surface area contributed by atoms with Crippen molar-refractivity contribution in [3.05, 3.63) is 46.1 Å². The molecule has 1 aliphatic carbocycles. The van der Waals surface area contributed by atoms with Gasteiger partial charge in [-0.3, -0.25) is 0 Å². The summed E-state index contributed by atoms with van der Waals surface area (Å²) in [7, 11) is -2.54. The number of pyridine rings is 1. The number of nitrogens with zero attached hydrogens (tertiary/aromatic N) is 1. The molecule has 0 unspecified atom stereocenters. The molecule has 0 fully saturated rings. The van der Waals surface area contributed by atoms with Gasteiger partial charge in [0.15, 0.2) is 10.7 Å². The molecule has 3 nitrogen and oxygen atoms in total. The quantitative estimate of drug-likeness (QED) is 0.663. The minimum atomic E-state index is -2.54. The first kappa shape index (κ1) is 12.3. The summed E-state index contributed by atoms with van der Waals surface area (Å²) in [6.07, 6.45) is 5.96. The highest BCUT2D eigenvalue weighted by atomic mass is 35.5. The van der Waals surface area contributed by atoms with Gasteiger partial charge in [0.2, 0.25) is 0 Å². The normalized spacial score (nSPS) is 16.4. The molecule has 0 amide bonds. The van der Waals surface area contributed by atoms with Gasteiger partial charge in [-0.25, -0.2) is 13.4 Å². The van der Waals surface area contributed by atoms with E-state index < -0.39 is 10.7 Å². The van der Waals surface area contributed by atoms with Crippen LogP contribution in [0.15, 0.2) is 35.3 Å². The maximum absolute atomic E-state index is 11.0. The zero-order valence-electron chi connectivity index (χ0n) is 9.10. The Morgan fingerprint density at radius 2 is 2.12 bits per heavy atom. The summed E-state index contributed by atoms with van der Waals surface area (Å²) in [5.74, 6) is 0. The van der Waals surface area contributed by atoms with Crippen LogP contribution in [0.25, 0.3) is 5.57 Å². The SMILES string of the molecule is O=[SH](=O)C1=CCCCC(c2cccc(Cl)n2)=C1. The largest absolute Gasteiger partial charge is 0.236 e. The second-order valence-electron chi connectivity index (χ2n) is 3.79. The van der Waals surface area contributed by atoms with Crippen LogP contribution in [0.4, 0.5) is 0 Å². The molecule has 1 aromatic heterocycles. The minimum absolute atomic E-state index is 0.370. The first-order valence-electron chi connectivity index (χ1n) is 5.35. The van der Waals surface area contributed by atoms with Crippen molar-refractivity contribution in [2.24, 2.45) is 0 Å². The van der Waals surface area contributed by atoms with E-state index in [0.717, 1.165) is 30.5 Å². The van der Waals surface area contributed by atoms with E-state index in [1.54, 1.807) is 18.2 Å². The van der Waals surface area contributed by atoms with Gasteiger partial charge in [-0.05, 0) is 43.0 Å². The van der Waals surface area contributed by atoms with Crippen molar-refractivity contribution in [2.75, 3.05) is 0 Å². The van der Waals surface area contributed by atoms with Crippen LogP contribution in [-0.2, 0) is 10.7 Å². The zero-order valence-corrected chi connectivity index (χ0v) is 10.7. The molecule has 1 heterocycles. The average Bonchev–Trinajstić information content (AvgIpc) is 2.54. The summed E-state index contributed by atoms with van der Waals surface area (Å²) in [5, 5.41) is 0.421. The fourth-order valence-corrected chi connectivity index (χ4v) is 2.47. The predicted octanol–water partition coefficient (Wildman–Crippen LogP) is 2.80. The van der Waals surface area contributed by atoms with Crippen molar-refractivity contribution in [1.82, 2.24) is 4.98 Å². The lowest BCUT2D eigenvalue weighted by atomic mass is 10.1. The highest BCUT2D eigenvalue weighted by molar-refractivity contribution is 7.77. The van der Waals surface area contributed by atoms with Crippen LogP contribution in [0.1, 0.15) is 25.0 Å². The molecule has 2 rings (SSSR count). The van der Waals surface area contributed by atoms with Crippen LogP contribution in [0.5, 0.6) is 0 Å². The third-order valence-corrected chi connectivity index (χ3v) is 3.52. The molecule has 0 saturated heterocycles. The Balaban J connectivity index is 2.41. The third kappa shape index (κ3) is 3.17. The van der Waals surface area contributed by atoms with Crippen LogP contribution >= 0.6 is 11.6 Å². The van der Waals surface area contributed by atoms with E-state index in [1.165, 1.54) is 0 Å². The van der Waals surface area contributed by atoms with Gasteiger partial charge in [0.1, 0.15) is 5.15 Å². The highest BCUT2D eigenvalue weighted by Crippen LogP contribution is 2.25. The summed E-state index contributed by atoms with van der Waals surface area (Å²) in [6, 6.07) is 5.36. The maximum atomic E-state index is 11.0. The van der Waals surface area contributed by atoms with E-state index in [9.17, 15) is 8.42 Å². The summed E-state index contributed by atoms with van der Waals surface area (Å²) < 4.78 is 22.1. The van der Waals surface area contributed by atoms with Crippen molar-refractivity contribution in [1.29, 1.82) is 0 Å². The summed E-state index contributed by atoms with van der Waals surface area (Å²) in [4.78, 5) is 4.58. The molecule has 1 aliphatic rings. The molecule has 5 heteroatoms. The summed E-state index contributed by atoms with van der Waals surface area (Å²) in [6.45, 7) is 0. The maximum Gasteiger partial charge on any atom is 0.167 e. The molecule has 0 N–H and O–H groups in total. The van der Waals surface area contributed by atoms with E-state index in [1.807, 2.05) is 12.1 Å². The van der Waals surface area contributed by atoms with Gasteiger partial charge >= 0.3 is 0 Å². The van der Waals surface area contributed by atoms with Gasteiger partial charge in [-0.2, -0.15) is 0 Å². The number of halogens is 1. The molecule has 0 bridgehead atoms. The number of allylic oxidation sites excluding steroid dienone is 3. The Labute approximate surface area is 107 Å². The predicted molar refractivity (Wildman–Crippen MR) is 69.5 cm³/mol. The smallest absolute Gasteiger partial charge is 0.167 e. The molecular formula is C12H12ClNO2S. The molecular weight excluding hydrogens is 258 g/mol. The second-order valence-corrected chi connectivity index (χ2v) is 5.21. The van der Waals surface area contributed by atoms with Crippen LogP contribution < -0.4 is 0 Å². The van der Waals surface area contributed by atoms with Crippen LogP contribution in [0.3, 0.4) is 0 Å². The van der Waals surface area contributed by atoms with Crippen molar-refractivity contribution < 1.29 is 8.42 Å².